The zero-order valence-corrected chi connectivity index (χ0v) is 9.22. The van der Waals surface area contributed by atoms with Crippen molar-refractivity contribution >= 4 is 21.8 Å². The molecule has 4 heteroatoms. The van der Waals surface area contributed by atoms with E-state index in [2.05, 4.69) is 21.2 Å². The highest BCUT2D eigenvalue weighted by Gasteiger charge is 2.21. The first-order chi connectivity index (χ1) is 6.26. The summed E-state index contributed by atoms with van der Waals surface area (Å²) in [7, 11) is 0. The van der Waals surface area contributed by atoms with Crippen LogP contribution < -0.4 is 5.32 Å². The van der Waals surface area contributed by atoms with Crippen molar-refractivity contribution in [3.8, 4) is 0 Å². The van der Waals surface area contributed by atoms with Crippen molar-refractivity contribution in [3.05, 3.63) is 0 Å². The third kappa shape index (κ3) is 3.65. The van der Waals surface area contributed by atoms with Gasteiger partial charge in [0.2, 0.25) is 5.91 Å². The van der Waals surface area contributed by atoms with Crippen molar-refractivity contribution in [1.29, 1.82) is 0 Å². The Labute approximate surface area is 87.0 Å². The van der Waals surface area contributed by atoms with Crippen molar-refractivity contribution in [2.75, 3.05) is 11.9 Å². The number of nitrogens with one attached hydrogen (secondary N) is 1. The predicted octanol–water partition coefficient (Wildman–Crippen LogP) is 1.05. The van der Waals surface area contributed by atoms with Gasteiger partial charge < -0.3 is 10.4 Å². The molecule has 1 rings (SSSR count). The molecule has 1 amide bonds. The molecule has 0 saturated heterocycles. The zero-order valence-electron chi connectivity index (χ0n) is 7.63. The van der Waals surface area contributed by atoms with E-state index in [1.807, 2.05) is 0 Å². The molecule has 0 aliphatic heterocycles. The van der Waals surface area contributed by atoms with E-state index in [4.69, 9.17) is 5.11 Å². The van der Waals surface area contributed by atoms with Crippen molar-refractivity contribution in [2.45, 2.75) is 31.7 Å². The molecular weight excluding hydrogens is 234 g/mol. The molecular formula is C9H16BrNO2. The van der Waals surface area contributed by atoms with Gasteiger partial charge in [0.25, 0.3) is 0 Å². The molecule has 1 saturated carbocycles. The molecule has 1 aliphatic rings. The van der Waals surface area contributed by atoms with Crippen LogP contribution >= 0.6 is 15.9 Å². The van der Waals surface area contributed by atoms with Crippen LogP contribution in [-0.2, 0) is 4.79 Å². The number of aliphatic hydroxyl groups excluding tert-OH is 1. The standard InChI is InChI=1S/C9H16BrNO2/c10-5-9(13)11-8-3-1-7(6-12)2-4-8/h7-8,12H,1-6H2,(H,11,13). The van der Waals surface area contributed by atoms with Crippen molar-refractivity contribution in [2.24, 2.45) is 5.92 Å². The summed E-state index contributed by atoms with van der Waals surface area (Å²) >= 11 is 3.12. The maximum atomic E-state index is 11.0. The molecule has 0 atom stereocenters. The fourth-order valence-corrected chi connectivity index (χ4v) is 1.92. The molecule has 1 aliphatic carbocycles. The van der Waals surface area contributed by atoms with Crippen LogP contribution in [0.1, 0.15) is 25.7 Å². The number of hydrogen-bond acceptors (Lipinski definition) is 2. The number of hydrogen-bond donors (Lipinski definition) is 2. The Balaban J connectivity index is 2.21. The lowest BCUT2D eigenvalue weighted by Crippen LogP contribution is -2.38. The van der Waals surface area contributed by atoms with Gasteiger partial charge in [0.05, 0.1) is 5.33 Å². The summed E-state index contributed by atoms with van der Waals surface area (Å²) in [6, 6.07) is 0.327. The molecule has 0 bridgehead atoms. The van der Waals surface area contributed by atoms with E-state index in [0.29, 0.717) is 23.9 Å². The first kappa shape index (κ1) is 11.0. The number of amides is 1. The van der Waals surface area contributed by atoms with Crippen molar-refractivity contribution in [1.82, 2.24) is 5.32 Å². The van der Waals surface area contributed by atoms with Gasteiger partial charge >= 0.3 is 0 Å². The summed E-state index contributed by atoms with van der Waals surface area (Å²) in [5, 5.41) is 12.2. The maximum Gasteiger partial charge on any atom is 0.230 e. The molecule has 0 aromatic rings. The second-order valence-corrected chi connectivity index (χ2v) is 4.16. The smallest absolute Gasteiger partial charge is 0.230 e. The molecule has 0 aromatic heterocycles. The number of carbonyl (C=O) groups is 1. The fourth-order valence-electron chi connectivity index (χ4n) is 1.76. The van der Waals surface area contributed by atoms with Gasteiger partial charge in [0, 0.05) is 12.6 Å². The highest BCUT2D eigenvalue weighted by Crippen LogP contribution is 2.23. The normalized spacial score (nSPS) is 28.5. The monoisotopic (exact) mass is 249 g/mol. The zero-order chi connectivity index (χ0) is 9.68. The first-order valence-corrected chi connectivity index (χ1v) is 5.84. The van der Waals surface area contributed by atoms with Crippen LogP contribution in [0.4, 0.5) is 0 Å². The van der Waals surface area contributed by atoms with Gasteiger partial charge in [0.15, 0.2) is 0 Å². The highest BCUT2D eigenvalue weighted by atomic mass is 79.9. The van der Waals surface area contributed by atoms with Crippen LogP contribution in [0.3, 0.4) is 0 Å². The molecule has 2 N–H and O–H groups in total. The van der Waals surface area contributed by atoms with E-state index in [1.165, 1.54) is 0 Å². The quantitative estimate of drug-likeness (QED) is 0.735. The average Bonchev–Trinajstić information content (AvgIpc) is 2.19. The number of carbonyl (C=O) groups excluding carboxylic acids is 1. The van der Waals surface area contributed by atoms with E-state index in [9.17, 15) is 4.79 Å². The predicted molar refractivity (Wildman–Crippen MR) is 54.8 cm³/mol. The minimum absolute atomic E-state index is 0.0625. The lowest BCUT2D eigenvalue weighted by atomic mass is 9.86. The molecule has 13 heavy (non-hydrogen) atoms. The van der Waals surface area contributed by atoms with Gasteiger partial charge in [-0.25, -0.2) is 0 Å². The molecule has 0 radical (unpaired) electrons. The molecule has 0 spiro atoms. The summed E-state index contributed by atoms with van der Waals surface area (Å²) < 4.78 is 0. The minimum atomic E-state index is 0.0625. The highest BCUT2D eigenvalue weighted by molar-refractivity contribution is 9.09. The fraction of sp³-hybridized carbons (Fsp3) is 0.889. The molecule has 0 unspecified atom stereocenters. The molecule has 1 fully saturated rings. The molecule has 3 nitrogen and oxygen atoms in total. The summed E-state index contributed by atoms with van der Waals surface area (Å²) in [5.41, 5.74) is 0. The average molecular weight is 250 g/mol. The van der Waals surface area contributed by atoms with E-state index >= 15 is 0 Å². The summed E-state index contributed by atoms with van der Waals surface area (Å²) in [6.07, 6.45) is 4.07. The first-order valence-electron chi connectivity index (χ1n) is 4.72. The Hall–Kier alpha value is -0.0900. The van der Waals surface area contributed by atoms with E-state index in [-0.39, 0.29) is 5.91 Å². The van der Waals surface area contributed by atoms with Crippen LogP contribution in [0.2, 0.25) is 0 Å². The Kier molecular flexibility index (Phi) is 4.73. The van der Waals surface area contributed by atoms with Gasteiger partial charge in [-0.2, -0.15) is 0 Å². The molecule has 0 heterocycles. The summed E-state index contributed by atoms with van der Waals surface area (Å²) in [5.74, 6) is 0.518. The maximum absolute atomic E-state index is 11.0. The lowest BCUT2D eigenvalue weighted by Gasteiger charge is -2.27. The summed E-state index contributed by atoms with van der Waals surface area (Å²) in [6.45, 7) is 0.291. The van der Waals surface area contributed by atoms with Crippen LogP contribution in [0, 0.1) is 5.92 Å². The lowest BCUT2D eigenvalue weighted by molar-refractivity contribution is -0.119. The second kappa shape index (κ2) is 5.60. The second-order valence-electron chi connectivity index (χ2n) is 3.60. The molecule has 0 aromatic carbocycles. The van der Waals surface area contributed by atoms with E-state index < -0.39 is 0 Å². The Bertz CT molecular complexity index is 167. The SMILES string of the molecule is O=C(CBr)NC1CCC(CO)CC1. The Morgan fingerprint density at radius 3 is 2.46 bits per heavy atom. The van der Waals surface area contributed by atoms with E-state index in [0.717, 1.165) is 25.7 Å². The van der Waals surface area contributed by atoms with Crippen LogP contribution in [0.25, 0.3) is 0 Å². The van der Waals surface area contributed by atoms with Gasteiger partial charge in [-0.3, -0.25) is 4.79 Å². The van der Waals surface area contributed by atoms with Crippen molar-refractivity contribution in [3.63, 3.8) is 0 Å². The third-order valence-corrected chi connectivity index (χ3v) is 3.10. The number of halogens is 1. The van der Waals surface area contributed by atoms with Gasteiger partial charge in [-0.15, -0.1) is 0 Å². The van der Waals surface area contributed by atoms with Gasteiger partial charge in [-0.05, 0) is 31.6 Å². The van der Waals surface area contributed by atoms with Gasteiger partial charge in [0.1, 0.15) is 0 Å². The minimum Gasteiger partial charge on any atom is -0.396 e. The third-order valence-electron chi connectivity index (χ3n) is 2.59. The Morgan fingerprint density at radius 2 is 2.00 bits per heavy atom. The largest absolute Gasteiger partial charge is 0.396 e. The van der Waals surface area contributed by atoms with Crippen LogP contribution in [0.5, 0.6) is 0 Å². The Morgan fingerprint density at radius 1 is 1.38 bits per heavy atom. The van der Waals surface area contributed by atoms with E-state index in [1.54, 1.807) is 0 Å². The summed E-state index contributed by atoms with van der Waals surface area (Å²) in [4.78, 5) is 11.0. The number of rotatable bonds is 3. The van der Waals surface area contributed by atoms with Crippen LogP contribution in [-0.4, -0.2) is 29.0 Å². The number of aliphatic hydroxyl groups is 1. The molecule has 76 valence electrons. The van der Waals surface area contributed by atoms with Gasteiger partial charge in [-0.1, -0.05) is 15.9 Å². The number of alkyl halides is 1. The van der Waals surface area contributed by atoms with Crippen molar-refractivity contribution < 1.29 is 9.90 Å². The topological polar surface area (TPSA) is 49.3 Å². The van der Waals surface area contributed by atoms with Crippen LogP contribution in [0.15, 0.2) is 0 Å².